The molecule has 312 valence electrons. The number of unbranched alkanes of at least 4 members (excludes halogenated alkanes) is 17. The summed E-state index contributed by atoms with van der Waals surface area (Å²) in [6.07, 6.45) is 48.5. The van der Waals surface area contributed by atoms with Crippen molar-refractivity contribution in [3.63, 3.8) is 0 Å². The fraction of sp³-hybridized carbons (Fsp3) is 0.733. The van der Waals surface area contributed by atoms with Crippen molar-refractivity contribution in [2.75, 3.05) is 19.8 Å². The molecule has 0 aromatic carbocycles. The largest absolute Gasteiger partial charge is 0.472 e. The van der Waals surface area contributed by atoms with Gasteiger partial charge in [0.25, 0.3) is 0 Å². The third-order valence-corrected chi connectivity index (χ3v) is 9.87. The van der Waals surface area contributed by atoms with Gasteiger partial charge in [-0.05, 0) is 84.0 Å². The molecule has 0 rings (SSSR count). The lowest BCUT2D eigenvalue weighted by Gasteiger charge is -2.19. The van der Waals surface area contributed by atoms with Crippen LogP contribution in [0.2, 0.25) is 0 Å². The summed E-state index contributed by atoms with van der Waals surface area (Å²) in [5, 5.41) is 0. The van der Waals surface area contributed by atoms with E-state index in [4.69, 9.17) is 18.5 Å². The number of ether oxygens (including phenoxy) is 2. The molecular formula is C45H79O8P. The number of allylic oxidation sites excluding steroid dienone is 10. The monoisotopic (exact) mass is 779 g/mol. The number of phosphoric acid groups is 1. The minimum absolute atomic E-state index is 0.0102. The second-order valence-corrected chi connectivity index (χ2v) is 15.4. The molecule has 8 nitrogen and oxygen atoms in total. The summed E-state index contributed by atoms with van der Waals surface area (Å²) in [5.41, 5.74) is 0. The summed E-state index contributed by atoms with van der Waals surface area (Å²) < 4.78 is 32.6. The summed E-state index contributed by atoms with van der Waals surface area (Å²) in [5.74, 6) is -0.850. The van der Waals surface area contributed by atoms with Crippen LogP contribution in [0.5, 0.6) is 0 Å². The highest BCUT2D eigenvalue weighted by Gasteiger charge is 2.25. The van der Waals surface area contributed by atoms with E-state index in [2.05, 4.69) is 74.6 Å². The van der Waals surface area contributed by atoms with E-state index in [9.17, 15) is 19.0 Å². The Kier molecular flexibility index (Phi) is 38.7. The first-order chi connectivity index (χ1) is 26.3. The van der Waals surface area contributed by atoms with Crippen LogP contribution in [0.4, 0.5) is 0 Å². The molecule has 0 amide bonds. The average molecular weight is 779 g/mol. The van der Waals surface area contributed by atoms with Gasteiger partial charge in [-0.1, -0.05) is 152 Å². The maximum absolute atomic E-state index is 12.5. The van der Waals surface area contributed by atoms with Crippen molar-refractivity contribution in [2.45, 2.75) is 194 Å². The topological polar surface area (TPSA) is 108 Å². The standard InChI is InChI=1S/C45H79O8P/c1-4-7-9-11-13-15-17-19-21-22-23-24-26-27-29-31-33-35-37-39-44(46)50-41-43(42-52-54(48,49)51-6-3)53-45(47)40-38-36-34-32-30-28-25-20-18-16-14-12-10-8-5-2/h8,10,14,16,19-21,25,30,32,43H,4-7,9,11-13,15,17-18,22-24,26-29,31,33-42H2,1-3H3,(H,48,49)/b10-8-,16-14-,21-19-,25-20-,32-30-. The van der Waals surface area contributed by atoms with E-state index in [0.717, 1.165) is 57.8 Å². The van der Waals surface area contributed by atoms with Crippen LogP contribution in [0, 0.1) is 0 Å². The summed E-state index contributed by atoms with van der Waals surface area (Å²) >= 11 is 0. The zero-order valence-electron chi connectivity index (χ0n) is 34.6. The number of hydrogen-bond donors (Lipinski definition) is 1. The van der Waals surface area contributed by atoms with Crippen LogP contribution in [0.1, 0.15) is 188 Å². The zero-order chi connectivity index (χ0) is 39.6. The molecule has 0 fully saturated rings. The molecule has 2 atom stereocenters. The number of phosphoric ester groups is 1. The first-order valence-corrected chi connectivity index (χ1v) is 23.1. The highest BCUT2D eigenvalue weighted by molar-refractivity contribution is 7.47. The maximum atomic E-state index is 12.5. The van der Waals surface area contributed by atoms with E-state index >= 15 is 0 Å². The smallest absolute Gasteiger partial charge is 0.462 e. The fourth-order valence-electron chi connectivity index (χ4n) is 5.67. The molecule has 0 aliphatic carbocycles. The lowest BCUT2D eigenvalue weighted by Crippen LogP contribution is -2.29. The normalized spacial score (nSPS) is 13.9. The Balaban J connectivity index is 4.13. The van der Waals surface area contributed by atoms with Gasteiger partial charge in [0.15, 0.2) is 6.10 Å². The molecule has 0 aliphatic rings. The van der Waals surface area contributed by atoms with Gasteiger partial charge in [0.1, 0.15) is 6.61 Å². The van der Waals surface area contributed by atoms with Crippen molar-refractivity contribution in [3.8, 4) is 0 Å². The van der Waals surface area contributed by atoms with E-state index in [1.807, 2.05) is 0 Å². The molecular weight excluding hydrogens is 699 g/mol. The lowest BCUT2D eigenvalue weighted by atomic mass is 10.1. The number of esters is 2. The van der Waals surface area contributed by atoms with Gasteiger partial charge in [0.05, 0.1) is 13.2 Å². The van der Waals surface area contributed by atoms with Gasteiger partial charge >= 0.3 is 19.8 Å². The second-order valence-electron chi connectivity index (χ2n) is 14.0. The molecule has 0 heterocycles. The van der Waals surface area contributed by atoms with Crippen molar-refractivity contribution in [2.24, 2.45) is 0 Å². The lowest BCUT2D eigenvalue weighted by molar-refractivity contribution is -0.161. The van der Waals surface area contributed by atoms with Gasteiger partial charge in [-0.2, -0.15) is 0 Å². The number of hydrogen-bond acceptors (Lipinski definition) is 7. The summed E-state index contributed by atoms with van der Waals surface area (Å²) in [6, 6.07) is 0. The Bertz CT molecular complexity index is 1060. The SMILES string of the molecule is CC/C=C\C/C=C\C/C=C\C/C=C\CCCCC(=O)OC(COC(=O)CCCCCCCCCCC/C=C\CCCCCCCC)COP(=O)(O)OCC. The van der Waals surface area contributed by atoms with Crippen LogP contribution < -0.4 is 0 Å². The van der Waals surface area contributed by atoms with Crippen molar-refractivity contribution in [3.05, 3.63) is 60.8 Å². The fourth-order valence-corrected chi connectivity index (χ4v) is 6.43. The molecule has 9 heteroatoms. The molecule has 0 spiro atoms. The van der Waals surface area contributed by atoms with Crippen LogP contribution in [0.3, 0.4) is 0 Å². The summed E-state index contributed by atoms with van der Waals surface area (Å²) in [6.45, 7) is 5.30. The van der Waals surface area contributed by atoms with Crippen molar-refractivity contribution < 1.29 is 37.6 Å². The van der Waals surface area contributed by atoms with E-state index < -0.39 is 26.5 Å². The Morgan fingerprint density at radius 1 is 0.519 bits per heavy atom. The predicted molar refractivity (Wildman–Crippen MR) is 225 cm³/mol. The van der Waals surface area contributed by atoms with Crippen LogP contribution in [-0.4, -0.2) is 42.8 Å². The van der Waals surface area contributed by atoms with Gasteiger partial charge in [-0.15, -0.1) is 0 Å². The van der Waals surface area contributed by atoms with E-state index in [-0.39, 0.29) is 32.0 Å². The minimum atomic E-state index is -4.29. The zero-order valence-corrected chi connectivity index (χ0v) is 35.5. The molecule has 54 heavy (non-hydrogen) atoms. The Morgan fingerprint density at radius 3 is 1.48 bits per heavy atom. The second kappa shape index (κ2) is 40.4. The van der Waals surface area contributed by atoms with Gasteiger partial charge in [-0.3, -0.25) is 18.6 Å². The van der Waals surface area contributed by atoms with Crippen molar-refractivity contribution in [1.82, 2.24) is 0 Å². The molecule has 2 unspecified atom stereocenters. The highest BCUT2D eigenvalue weighted by atomic mass is 31.2. The Hall–Kier alpha value is -2.25. The number of rotatable bonds is 39. The molecule has 0 bridgehead atoms. The third-order valence-electron chi connectivity index (χ3n) is 8.81. The number of carbonyl (C=O) groups is 2. The molecule has 0 radical (unpaired) electrons. The predicted octanol–water partition coefficient (Wildman–Crippen LogP) is 13.6. The van der Waals surface area contributed by atoms with Crippen LogP contribution in [-0.2, 0) is 32.7 Å². The van der Waals surface area contributed by atoms with Crippen molar-refractivity contribution in [1.29, 1.82) is 0 Å². The van der Waals surface area contributed by atoms with Crippen LogP contribution >= 0.6 is 7.82 Å². The van der Waals surface area contributed by atoms with Crippen LogP contribution in [0.15, 0.2) is 60.8 Å². The molecule has 0 saturated carbocycles. The van der Waals surface area contributed by atoms with Crippen molar-refractivity contribution >= 4 is 19.8 Å². The molecule has 0 aromatic heterocycles. The summed E-state index contributed by atoms with van der Waals surface area (Å²) in [7, 11) is -4.29. The molecule has 0 aromatic rings. The summed E-state index contributed by atoms with van der Waals surface area (Å²) in [4.78, 5) is 34.7. The third kappa shape index (κ3) is 39.4. The first kappa shape index (κ1) is 51.8. The first-order valence-electron chi connectivity index (χ1n) is 21.6. The van der Waals surface area contributed by atoms with Gasteiger partial charge < -0.3 is 14.4 Å². The van der Waals surface area contributed by atoms with Gasteiger partial charge in [0.2, 0.25) is 0 Å². The molecule has 1 N–H and O–H groups in total. The van der Waals surface area contributed by atoms with Gasteiger partial charge in [0, 0.05) is 12.8 Å². The molecule has 0 saturated heterocycles. The average Bonchev–Trinajstić information content (AvgIpc) is 3.15. The number of carbonyl (C=O) groups excluding carboxylic acids is 2. The van der Waals surface area contributed by atoms with E-state index in [0.29, 0.717) is 6.42 Å². The maximum Gasteiger partial charge on any atom is 0.472 e. The Labute approximate surface area is 330 Å². The van der Waals surface area contributed by atoms with Gasteiger partial charge in [-0.25, -0.2) is 4.57 Å². The highest BCUT2D eigenvalue weighted by Crippen LogP contribution is 2.43. The molecule has 0 aliphatic heterocycles. The Morgan fingerprint density at radius 2 is 0.944 bits per heavy atom. The van der Waals surface area contributed by atoms with Crippen LogP contribution in [0.25, 0.3) is 0 Å². The van der Waals surface area contributed by atoms with E-state index in [1.165, 1.54) is 89.9 Å². The minimum Gasteiger partial charge on any atom is -0.462 e. The quantitative estimate of drug-likeness (QED) is 0.0284. The van der Waals surface area contributed by atoms with E-state index in [1.54, 1.807) is 6.92 Å².